The lowest BCUT2D eigenvalue weighted by Gasteiger charge is -2.43. The molecule has 0 radical (unpaired) electrons. The Kier molecular flexibility index (Phi) is 6.31. The molecule has 1 aliphatic heterocycles. The van der Waals surface area contributed by atoms with Crippen molar-refractivity contribution in [2.24, 2.45) is 17.8 Å². The molecule has 1 N–H and O–H groups in total. The summed E-state index contributed by atoms with van der Waals surface area (Å²) in [4.78, 5) is 2.70. The first kappa shape index (κ1) is 16.3. The first-order chi connectivity index (χ1) is 9.58. The minimum absolute atomic E-state index is 0.650. The highest BCUT2D eigenvalue weighted by atomic mass is 16.5. The zero-order valence-corrected chi connectivity index (χ0v) is 13.9. The Morgan fingerprint density at radius 1 is 1.15 bits per heavy atom. The fraction of sp³-hybridized carbons (Fsp3) is 1.00. The van der Waals surface area contributed by atoms with Gasteiger partial charge in [-0.3, -0.25) is 4.90 Å². The van der Waals surface area contributed by atoms with E-state index in [4.69, 9.17) is 4.74 Å². The van der Waals surface area contributed by atoms with E-state index >= 15 is 0 Å². The van der Waals surface area contributed by atoms with E-state index in [0.717, 1.165) is 37.5 Å². The van der Waals surface area contributed by atoms with Crippen LogP contribution >= 0.6 is 0 Å². The van der Waals surface area contributed by atoms with Crippen LogP contribution in [0, 0.1) is 17.8 Å². The monoisotopic (exact) mass is 282 g/mol. The van der Waals surface area contributed by atoms with Crippen LogP contribution in [0.5, 0.6) is 0 Å². The van der Waals surface area contributed by atoms with Gasteiger partial charge in [0.2, 0.25) is 0 Å². The molecule has 2 rings (SSSR count). The van der Waals surface area contributed by atoms with E-state index in [1.54, 1.807) is 0 Å². The number of rotatable bonds is 8. The van der Waals surface area contributed by atoms with E-state index in [-0.39, 0.29) is 0 Å². The molecule has 2 fully saturated rings. The molecule has 0 bridgehead atoms. The van der Waals surface area contributed by atoms with Crippen molar-refractivity contribution in [3.8, 4) is 0 Å². The van der Waals surface area contributed by atoms with Crippen molar-refractivity contribution in [1.82, 2.24) is 10.2 Å². The molecule has 2 atom stereocenters. The van der Waals surface area contributed by atoms with E-state index in [0.29, 0.717) is 12.1 Å². The molecule has 0 aromatic heterocycles. The van der Waals surface area contributed by atoms with Gasteiger partial charge in [0.25, 0.3) is 0 Å². The number of nitrogens with one attached hydrogen (secondary N) is 1. The number of nitrogens with zero attached hydrogens (tertiary/aromatic N) is 1. The fourth-order valence-electron chi connectivity index (χ4n) is 3.12. The van der Waals surface area contributed by atoms with E-state index in [2.05, 4.69) is 37.9 Å². The summed E-state index contributed by atoms with van der Waals surface area (Å²) in [6.45, 7) is 14.8. The first-order valence-corrected chi connectivity index (χ1v) is 8.63. The number of ether oxygens (including phenoxy) is 1. The molecule has 3 nitrogen and oxygen atoms in total. The van der Waals surface area contributed by atoms with Gasteiger partial charge >= 0.3 is 0 Å². The Bertz CT molecular complexity index is 276. The molecule has 0 amide bonds. The van der Waals surface area contributed by atoms with Crippen LogP contribution < -0.4 is 5.32 Å². The molecule has 1 heterocycles. The van der Waals surface area contributed by atoms with Crippen molar-refractivity contribution >= 4 is 0 Å². The quantitative estimate of drug-likeness (QED) is 0.693. The molecule has 1 aliphatic carbocycles. The van der Waals surface area contributed by atoms with Crippen LogP contribution in [0.4, 0.5) is 0 Å². The average Bonchev–Trinajstić information content (AvgIpc) is 3.22. The third-order valence-electron chi connectivity index (χ3n) is 4.85. The van der Waals surface area contributed by atoms with Crippen LogP contribution in [0.15, 0.2) is 0 Å². The van der Waals surface area contributed by atoms with Gasteiger partial charge in [-0.15, -0.1) is 0 Å². The van der Waals surface area contributed by atoms with E-state index in [1.807, 2.05) is 0 Å². The highest BCUT2D eigenvalue weighted by molar-refractivity contribution is 4.88. The molecule has 2 aliphatic rings. The standard InChI is InChI=1S/C17H34N2O/c1-13(2)16-11-19(17(10-18-16)14(3)4)8-5-9-20-12-15-6-7-15/h13-18H,5-12H2,1-4H3. The maximum atomic E-state index is 5.78. The van der Waals surface area contributed by atoms with Gasteiger partial charge in [0.1, 0.15) is 0 Å². The van der Waals surface area contributed by atoms with E-state index in [1.165, 1.54) is 32.4 Å². The SMILES string of the molecule is CC(C)C1CN(CCCOCC2CC2)C(C(C)C)CN1. The third kappa shape index (κ3) is 5.01. The molecule has 1 saturated carbocycles. The molecule has 0 spiro atoms. The van der Waals surface area contributed by atoms with Crippen molar-refractivity contribution in [2.75, 3.05) is 32.8 Å². The molecule has 20 heavy (non-hydrogen) atoms. The van der Waals surface area contributed by atoms with Gasteiger partial charge in [0.15, 0.2) is 0 Å². The first-order valence-electron chi connectivity index (χ1n) is 8.63. The average molecular weight is 282 g/mol. The second kappa shape index (κ2) is 7.77. The minimum Gasteiger partial charge on any atom is -0.381 e. The Hall–Kier alpha value is -0.120. The second-order valence-corrected chi connectivity index (χ2v) is 7.44. The van der Waals surface area contributed by atoms with E-state index in [9.17, 15) is 0 Å². The topological polar surface area (TPSA) is 24.5 Å². The van der Waals surface area contributed by atoms with Gasteiger partial charge in [0, 0.05) is 44.9 Å². The van der Waals surface area contributed by atoms with Crippen molar-refractivity contribution in [1.29, 1.82) is 0 Å². The van der Waals surface area contributed by atoms with Crippen LogP contribution in [0.3, 0.4) is 0 Å². The molecule has 2 unspecified atom stereocenters. The maximum absolute atomic E-state index is 5.78. The minimum atomic E-state index is 0.650. The predicted octanol–water partition coefficient (Wildman–Crippen LogP) is 2.76. The van der Waals surface area contributed by atoms with Crippen LogP contribution in [0.1, 0.15) is 47.0 Å². The maximum Gasteiger partial charge on any atom is 0.0494 e. The van der Waals surface area contributed by atoms with Crippen LogP contribution in [-0.4, -0.2) is 49.8 Å². The summed E-state index contributed by atoms with van der Waals surface area (Å²) in [5, 5.41) is 3.73. The summed E-state index contributed by atoms with van der Waals surface area (Å²) in [5.41, 5.74) is 0. The van der Waals surface area contributed by atoms with Gasteiger partial charge in [-0.2, -0.15) is 0 Å². The van der Waals surface area contributed by atoms with Gasteiger partial charge in [-0.05, 0) is 37.0 Å². The normalized spacial score (nSPS) is 28.5. The van der Waals surface area contributed by atoms with Crippen molar-refractivity contribution in [2.45, 2.75) is 59.0 Å². The molecule has 0 aromatic rings. The zero-order chi connectivity index (χ0) is 14.5. The molecular formula is C17H34N2O. The lowest BCUT2D eigenvalue weighted by atomic mass is 9.94. The summed E-state index contributed by atoms with van der Waals surface area (Å²) in [6.07, 6.45) is 3.97. The Labute approximate surface area is 125 Å². The van der Waals surface area contributed by atoms with Gasteiger partial charge in [-0.25, -0.2) is 0 Å². The number of piperazine rings is 1. The van der Waals surface area contributed by atoms with Gasteiger partial charge in [0.05, 0.1) is 0 Å². The van der Waals surface area contributed by atoms with Crippen molar-refractivity contribution in [3.05, 3.63) is 0 Å². The third-order valence-corrected chi connectivity index (χ3v) is 4.85. The molecule has 0 aromatic carbocycles. The molecule has 1 saturated heterocycles. The van der Waals surface area contributed by atoms with Crippen LogP contribution in [0.25, 0.3) is 0 Å². The Morgan fingerprint density at radius 2 is 1.90 bits per heavy atom. The molecular weight excluding hydrogens is 248 g/mol. The molecule has 118 valence electrons. The van der Waals surface area contributed by atoms with Crippen LogP contribution in [-0.2, 0) is 4.74 Å². The summed E-state index contributed by atoms with van der Waals surface area (Å²) < 4.78 is 5.78. The Balaban J connectivity index is 1.70. The summed E-state index contributed by atoms with van der Waals surface area (Å²) >= 11 is 0. The summed E-state index contributed by atoms with van der Waals surface area (Å²) in [5.74, 6) is 2.34. The highest BCUT2D eigenvalue weighted by Crippen LogP contribution is 2.28. The van der Waals surface area contributed by atoms with Gasteiger partial charge in [-0.1, -0.05) is 27.7 Å². The predicted molar refractivity (Wildman–Crippen MR) is 85.0 cm³/mol. The lowest BCUT2D eigenvalue weighted by molar-refractivity contribution is 0.0646. The Morgan fingerprint density at radius 3 is 2.50 bits per heavy atom. The number of hydrogen-bond acceptors (Lipinski definition) is 3. The van der Waals surface area contributed by atoms with E-state index < -0.39 is 0 Å². The van der Waals surface area contributed by atoms with Crippen molar-refractivity contribution in [3.63, 3.8) is 0 Å². The fourth-order valence-corrected chi connectivity index (χ4v) is 3.12. The molecule has 3 heteroatoms. The largest absolute Gasteiger partial charge is 0.381 e. The van der Waals surface area contributed by atoms with Gasteiger partial charge < -0.3 is 10.1 Å². The summed E-state index contributed by atoms with van der Waals surface area (Å²) in [7, 11) is 0. The smallest absolute Gasteiger partial charge is 0.0494 e. The lowest BCUT2D eigenvalue weighted by Crippen LogP contribution is -2.59. The van der Waals surface area contributed by atoms with Crippen LogP contribution in [0.2, 0.25) is 0 Å². The second-order valence-electron chi connectivity index (χ2n) is 7.44. The number of hydrogen-bond donors (Lipinski definition) is 1. The highest BCUT2D eigenvalue weighted by Gasteiger charge is 2.30. The zero-order valence-electron chi connectivity index (χ0n) is 13.9. The summed E-state index contributed by atoms with van der Waals surface area (Å²) in [6, 6.07) is 1.34. The van der Waals surface area contributed by atoms with Crippen molar-refractivity contribution < 1.29 is 4.74 Å².